The van der Waals surface area contributed by atoms with Crippen molar-refractivity contribution in [3.05, 3.63) is 15.8 Å². The molecule has 4 nitrogen and oxygen atoms in total. The van der Waals surface area contributed by atoms with E-state index in [-0.39, 0.29) is 16.8 Å². The third-order valence-electron chi connectivity index (χ3n) is 4.12. The minimum atomic E-state index is -3.79. The third-order valence-corrected chi connectivity index (χ3v) is 6.74. The van der Waals surface area contributed by atoms with Crippen LogP contribution in [0.2, 0.25) is 0 Å². The molecule has 0 radical (unpaired) electrons. The monoisotopic (exact) mass is 349 g/mol. The van der Waals surface area contributed by atoms with Gasteiger partial charge in [-0.3, -0.25) is 4.79 Å². The van der Waals surface area contributed by atoms with E-state index in [9.17, 15) is 13.2 Å². The molecule has 1 aromatic rings. The minimum Gasteiger partial charge on any atom is -0.349 e. The number of amides is 1. The summed E-state index contributed by atoms with van der Waals surface area (Å²) in [5, 5.41) is 3.01. The van der Waals surface area contributed by atoms with Crippen LogP contribution in [0.5, 0.6) is 0 Å². The van der Waals surface area contributed by atoms with Gasteiger partial charge in [0.05, 0.1) is 9.77 Å². The van der Waals surface area contributed by atoms with E-state index in [2.05, 4.69) is 12.2 Å². The number of nitrogens with one attached hydrogen (secondary N) is 1. The quantitative estimate of drug-likeness (QED) is 0.843. The molecule has 1 aliphatic carbocycles. The molecule has 0 atom stereocenters. The first-order valence-corrected chi connectivity index (χ1v) is 10.3. The Labute approximate surface area is 134 Å². The lowest BCUT2D eigenvalue weighted by Gasteiger charge is -2.28. The van der Waals surface area contributed by atoms with Crippen LogP contribution in [0.1, 0.15) is 53.6 Å². The number of thiophene rings is 1. The van der Waals surface area contributed by atoms with E-state index in [4.69, 9.17) is 10.7 Å². The van der Waals surface area contributed by atoms with Crippen LogP contribution in [0, 0.1) is 12.8 Å². The zero-order valence-corrected chi connectivity index (χ0v) is 14.6. The molecule has 7 heteroatoms. The van der Waals surface area contributed by atoms with Gasteiger partial charge in [-0.15, -0.1) is 11.3 Å². The van der Waals surface area contributed by atoms with Crippen LogP contribution in [0.25, 0.3) is 0 Å². The summed E-state index contributed by atoms with van der Waals surface area (Å²) in [6, 6.07) is 1.56. The molecular weight excluding hydrogens is 330 g/mol. The summed E-state index contributed by atoms with van der Waals surface area (Å²) in [5.74, 6) is 0.574. The molecule has 1 aromatic heterocycles. The molecule has 0 saturated heterocycles. The molecule has 2 rings (SSSR count). The molecule has 118 valence electrons. The van der Waals surface area contributed by atoms with E-state index in [1.807, 2.05) is 0 Å². The maximum Gasteiger partial charge on any atom is 0.262 e. The van der Waals surface area contributed by atoms with E-state index in [0.717, 1.165) is 31.6 Å². The van der Waals surface area contributed by atoms with Gasteiger partial charge in [0.25, 0.3) is 15.0 Å². The summed E-state index contributed by atoms with van der Waals surface area (Å²) in [5.41, 5.74) is 0. The maximum absolute atomic E-state index is 12.2. The van der Waals surface area contributed by atoms with Crippen LogP contribution < -0.4 is 5.32 Å². The molecule has 0 unspecified atom stereocenters. The van der Waals surface area contributed by atoms with Crippen LogP contribution in [0.15, 0.2) is 11.0 Å². The Morgan fingerprint density at radius 1 is 1.38 bits per heavy atom. The second-order valence-electron chi connectivity index (χ2n) is 5.57. The van der Waals surface area contributed by atoms with Crippen molar-refractivity contribution >= 4 is 37.0 Å². The molecular formula is C14H20ClNO3S2. The Kier molecular flexibility index (Phi) is 5.33. The van der Waals surface area contributed by atoms with Gasteiger partial charge >= 0.3 is 0 Å². The van der Waals surface area contributed by atoms with Crippen molar-refractivity contribution in [3.8, 4) is 0 Å². The normalized spacial score (nSPS) is 23.0. The third kappa shape index (κ3) is 4.20. The van der Waals surface area contributed by atoms with Gasteiger partial charge in [-0.1, -0.05) is 13.3 Å². The minimum absolute atomic E-state index is 0.0361. The summed E-state index contributed by atoms with van der Waals surface area (Å²) >= 11 is 1.17. The number of aryl methyl sites for hydroxylation is 1. The van der Waals surface area contributed by atoms with Crippen molar-refractivity contribution in [2.75, 3.05) is 0 Å². The average molecular weight is 350 g/mol. The molecule has 1 aliphatic rings. The largest absolute Gasteiger partial charge is 0.349 e. The number of carbonyl (C=O) groups excluding carboxylic acids is 1. The van der Waals surface area contributed by atoms with E-state index in [0.29, 0.717) is 9.75 Å². The van der Waals surface area contributed by atoms with Crippen molar-refractivity contribution in [1.29, 1.82) is 0 Å². The van der Waals surface area contributed by atoms with Gasteiger partial charge in [0.2, 0.25) is 0 Å². The van der Waals surface area contributed by atoms with Crippen molar-refractivity contribution < 1.29 is 13.2 Å². The van der Waals surface area contributed by atoms with Gasteiger partial charge < -0.3 is 5.32 Å². The van der Waals surface area contributed by atoms with Crippen LogP contribution in [-0.4, -0.2) is 20.4 Å². The Bertz CT molecular complexity index is 616. The zero-order valence-electron chi connectivity index (χ0n) is 12.2. The smallest absolute Gasteiger partial charge is 0.262 e. The van der Waals surface area contributed by atoms with Gasteiger partial charge in [0.15, 0.2) is 0 Å². The summed E-state index contributed by atoms with van der Waals surface area (Å²) in [7, 11) is 1.57. The molecule has 1 amide bonds. The fraction of sp³-hybridized carbons (Fsp3) is 0.643. The molecule has 0 bridgehead atoms. The fourth-order valence-electron chi connectivity index (χ4n) is 2.79. The fourth-order valence-corrected chi connectivity index (χ4v) is 5.36. The summed E-state index contributed by atoms with van der Waals surface area (Å²) in [6.07, 6.45) is 5.48. The Hall–Kier alpha value is -0.590. The first kappa shape index (κ1) is 16.8. The first-order chi connectivity index (χ1) is 9.81. The number of rotatable bonds is 4. The highest BCUT2D eigenvalue weighted by Gasteiger charge is 2.24. The second kappa shape index (κ2) is 6.67. The highest BCUT2D eigenvalue weighted by atomic mass is 35.7. The Balaban J connectivity index is 2.02. The lowest BCUT2D eigenvalue weighted by atomic mass is 9.84. The van der Waals surface area contributed by atoms with Crippen molar-refractivity contribution in [2.24, 2.45) is 5.92 Å². The lowest BCUT2D eigenvalue weighted by Crippen LogP contribution is -2.37. The van der Waals surface area contributed by atoms with Gasteiger partial charge in [-0.25, -0.2) is 8.42 Å². The van der Waals surface area contributed by atoms with Crippen LogP contribution in [0.4, 0.5) is 0 Å². The summed E-state index contributed by atoms with van der Waals surface area (Å²) in [6.45, 7) is 3.86. The lowest BCUT2D eigenvalue weighted by molar-refractivity contribution is 0.0925. The molecule has 21 heavy (non-hydrogen) atoms. The van der Waals surface area contributed by atoms with E-state index >= 15 is 0 Å². The average Bonchev–Trinajstić information content (AvgIpc) is 2.82. The van der Waals surface area contributed by atoms with Gasteiger partial charge in [-0.2, -0.15) is 0 Å². The van der Waals surface area contributed by atoms with E-state index < -0.39 is 9.05 Å². The number of carbonyl (C=O) groups is 1. The zero-order chi connectivity index (χ0) is 15.6. The topological polar surface area (TPSA) is 63.2 Å². The molecule has 0 aliphatic heterocycles. The van der Waals surface area contributed by atoms with Gasteiger partial charge in [0.1, 0.15) is 0 Å². The highest BCUT2D eigenvalue weighted by Crippen LogP contribution is 2.30. The molecule has 1 N–H and O–H groups in total. The van der Waals surface area contributed by atoms with Crippen molar-refractivity contribution in [2.45, 2.75) is 56.9 Å². The standard InChI is InChI=1S/C14H20ClNO3S2/c1-3-10-4-6-11(7-5-10)16-14(17)12-8-13(9(2)20-12)21(15,18)19/h8,10-11H,3-7H2,1-2H3,(H,16,17). The SMILES string of the molecule is CCC1CCC(NC(=O)c2cc(S(=O)(=O)Cl)c(C)s2)CC1. The van der Waals surface area contributed by atoms with Crippen LogP contribution in [-0.2, 0) is 9.05 Å². The molecule has 1 saturated carbocycles. The predicted octanol–water partition coefficient (Wildman–Crippen LogP) is 3.68. The number of hydrogen-bond donors (Lipinski definition) is 1. The second-order valence-corrected chi connectivity index (χ2v) is 9.36. The van der Waals surface area contributed by atoms with E-state index in [1.54, 1.807) is 6.92 Å². The first-order valence-electron chi connectivity index (χ1n) is 7.17. The Morgan fingerprint density at radius 2 is 2.00 bits per heavy atom. The molecule has 1 fully saturated rings. The molecule has 1 heterocycles. The Morgan fingerprint density at radius 3 is 2.48 bits per heavy atom. The molecule has 0 spiro atoms. The van der Waals surface area contributed by atoms with Crippen LogP contribution in [0.3, 0.4) is 0 Å². The van der Waals surface area contributed by atoms with Crippen molar-refractivity contribution in [1.82, 2.24) is 5.32 Å². The number of hydrogen-bond acceptors (Lipinski definition) is 4. The summed E-state index contributed by atoms with van der Waals surface area (Å²) < 4.78 is 22.8. The number of halogens is 1. The van der Waals surface area contributed by atoms with Gasteiger partial charge in [-0.05, 0) is 44.6 Å². The molecule has 0 aromatic carbocycles. The summed E-state index contributed by atoms with van der Waals surface area (Å²) in [4.78, 5) is 13.2. The van der Waals surface area contributed by atoms with Crippen molar-refractivity contribution in [3.63, 3.8) is 0 Å². The van der Waals surface area contributed by atoms with Gasteiger partial charge in [0, 0.05) is 21.6 Å². The maximum atomic E-state index is 12.2. The predicted molar refractivity (Wildman–Crippen MR) is 85.6 cm³/mol. The van der Waals surface area contributed by atoms with E-state index in [1.165, 1.54) is 23.8 Å². The highest BCUT2D eigenvalue weighted by molar-refractivity contribution is 8.13. The van der Waals surface area contributed by atoms with Crippen LogP contribution >= 0.6 is 22.0 Å².